The minimum absolute atomic E-state index is 0.331. The van der Waals surface area contributed by atoms with Gasteiger partial charge in [-0.3, -0.25) is 0 Å². The van der Waals surface area contributed by atoms with E-state index in [1.165, 1.54) is 57.2 Å². The Labute approximate surface area is 116 Å². The summed E-state index contributed by atoms with van der Waals surface area (Å²) >= 11 is 0. The van der Waals surface area contributed by atoms with Gasteiger partial charge in [-0.05, 0) is 38.3 Å². The maximum Gasteiger partial charge on any atom is 0.0948 e. The van der Waals surface area contributed by atoms with E-state index in [-0.39, 0.29) is 0 Å². The first-order valence-corrected chi connectivity index (χ1v) is 7.99. The van der Waals surface area contributed by atoms with Crippen molar-refractivity contribution in [2.75, 3.05) is 13.1 Å². The van der Waals surface area contributed by atoms with Crippen molar-refractivity contribution in [3.63, 3.8) is 0 Å². The van der Waals surface area contributed by atoms with E-state index in [1.54, 1.807) is 0 Å². The van der Waals surface area contributed by atoms with Crippen LogP contribution in [0, 0.1) is 5.92 Å². The highest BCUT2D eigenvalue weighted by molar-refractivity contribution is 5.15. The van der Waals surface area contributed by atoms with Crippen LogP contribution in [0.4, 0.5) is 0 Å². The van der Waals surface area contributed by atoms with Gasteiger partial charge in [-0.2, -0.15) is 0 Å². The van der Waals surface area contributed by atoms with Crippen molar-refractivity contribution in [2.45, 2.75) is 63.8 Å². The number of nitrogens with one attached hydrogen (secondary N) is 1. The molecule has 1 aliphatic carbocycles. The highest BCUT2D eigenvalue weighted by Crippen LogP contribution is 2.33. The van der Waals surface area contributed by atoms with Gasteiger partial charge >= 0.3 is 0 Å². The van der Waals surface area contributed by atoms with E-state index in [0.717, 1.165) is 19.0 Å². The van der Waals surface area contributed by atoms with Gasteiger partial charge in [0.2, 0.25) is 0 Å². The van der Waals surface area contributed by atoms with Crippen LogP contribution in [0.2, 0.25) is 0 Å². The predicted octanol–water partition coefficient (Wildman–Crippen LogP) is 3.10. The molecular weight excluding hydrogens is 234 g/mol. The van der Waals surface area contributed by atoms with Crippen LogP contribution < -0.4 is 5.32 Å². The van der Waals surface area contributed by atoms with Crippen LogP contribution in [0.5, 0.6) is 0 Å². The highest BCUT2D eigenvalue weighted by atomic mass is 15.1. The molecule has 1 saturated carbocycles. The zero-order chi connectivity index (χ0) is 13.1. The quantitative estimate of drug-likeness (QED) is 0.902. The van der Waals surface area contributed by atoms with Crippen LogP contribution in [0.15, 0.2) is 12.5 Å². The molecule has 0 spiro atoms. The number of nitrogens with zero attached hydrogens (tertiary/aromatic N) is 2. The Balaban J connectivity index is 1.67. The average Bonchev–Trinajstić information content (AvgIpc) is 3.09. The SMILES string of the molecule is CC1(c2cncn2CCC2CCCC2)CCNCC1. The van der Waals surface area contributed by atoms with E-state index in [2.05, 4.69) is 34.3 Å². The molecule has 106 valence electrons. The maximum absolute atomic E-state index is 4.43. The molecule has 3 heteroatoms. The third-order valence-corrected chi connectivity index (χ3v) is 5.29. The lowest BCUT2D eigenvalue weighted by Crippen LogP contribution is -2.39. The first kappa shape index (κ1) is 13.2. The number of aromatic nitrogens is 2. The Morgan fingerprint density at radius 1 is 1.32 bits per heavy atom. The van der Waals surface area contributed by atoms with Gasteiger partial charge in [-0.1, -0.05) is 32.6 Å². The third kappa shape index (κ3) is 2.86. The van der Waals surface area contributed by atoms with E-state index in [9.17, 15) is 0 Å². The Morgan fingerprint density at radius 2 is 2.05 bits per heavy atom. The smallest absolute Gasteiger partial charge is 0.0948 e. The van der Waals surface area contributed by atoms with Crippen molar-refractivity contribution in [1.82, 2.24) is 14.9 Å². The molecule has 1 saturated heterocycles. The van der Waals surface area contributed by atoms with E-state index in [4.69, 9.17) is 0 Å². The molecule has 1 aromatic heterocycles. The van der Waals surface area contributed by atoms with Gasteiger partial charge in [0.25, 0.3) is 0 Å². The summed E-state index contributed by atoms with van der Waals surface area (Å²) in [5.74, 6) is 0.969. The molecule has 2 heterocycles. The Kier molecular flexibility index (Phi) is 3.92. The van der Waals surface area contributed by atoms with Crippen molar-refractivity contribution in [2.24, 2.45) is 5.92 Å². The summed E-state index contributed by atoms with van der Waals surface area (Å²) in [5, 5.41) is 3.47. The zero-order valence-electron chi connectivity index (χ0n) is 12.2. The molecule has 19 heavy (non-hydrogen) atoms. The number of rotatable bonds is 4. The summed E-state index contributed by atoms with van der Waals surface area (Å²) in [5.41, 5.74) is 1.80. The van der Waals surface area contributed by atoms with Gasteiger partial charge in [0.05, 0.1) is 6.33 Å². The van der Waals surface area contributed by atoms with Crippen molar-refractivity contribution in [3.8, 4) is 0 Å². The molecule has 0 radical (unpaired) electrons. The molecular formula is C16H27N3. The normalized spacial score (nSPS) is 23.8. The Hall–Kier alpha value is -0.830. The molecule has 1 N–H and O–H groups in total. The summed E-state index contributed by atoms with van der Waals surface area (Å²) < 4.78 is 2.43. The third-order valence-electron chi connectivity index (χ3n) is 5.29. The fourth-order valence-corrected chi connectivity index (χ4v) is 3.86. The highest BCUT2D eigenvalue weighted by Gasteiger charge is 2.31. The first-order chi connectivity index (χ1) is 9.28. The molecule has 1 aromatic rings. The standard InChI is InChI=1S/C16H27N3/c1-16(7-9-17-10-8-16)15-12-18-13-19(15)11-6-14-4-2-3-5-14/h12-14,17H,2-11H2,1H3. The number of piperidine rings is 1. The fraction of sp³-hybridized carbons (Fsp3) is 0.812. The van der Waals surface area contributed by atoms with E-state index < -0.39 is 0 Å². The van der Waals surface area contributed by atoms with Crippen LogP contribution in [0.25, 0.3) is 0 Å². The minimum Gasteiger partial charge on any atom is -0.334 e. The largest absolute Gasteiger partial charge is 0.334 e. The Bertz CT molecular complexity index is 398. The van der Waals surface area contributed by atoms with Gasteiger partial charge in [-0.15, -0.1) is 0 Å². The number of hydrogen-bond acceptors (Lipinski definition) is 2. The van der Waals surface area contributed by atoms with Crippen molar-refractivity contribution < 1.29 is 0 Å². The molecule has 2 aliphatic rings. The lowest BCUT2D eigenvalue weighted by Gasteiger charge is -2.34. The molecule has 0 bridgehead atoms. The second kappa shape index (κ2) is 5.66. The second-order valence-electron chi connectivity index (χ2n) is 6.72. The number of imidazole rings is 1. The van der Waals surface area contributed by atoms with E-state index in [0.29, 0.717) is 5.41 Å². The van der Waals surface area contributed by atoms with E-state index >= 15 is 0 Å². The molecule has 1 aliphatic heterocycles. The van der Waals surface area contributed by atoms with E-state index in [1.807, 2.05) is 0 Å². The monoisotopic (exact) mass is 261 g/mol. The first-order valence-electron chi connectivity index (χ1n) is 7.99. The average molecular weight is 261 g/mol. The number of aryl methyl sites for hydroxylation is 1. The summed E-state index contributed by atoms with van der Waals surface area (Å²) in [6.45, 7) is 5.87. The molecule has 0 amide bonds. The van der Waals surface area contributed by atoms with Crippen molar-refractivity contribution in [1.29, 1.82) is 0 Å². The summed E-state index contributed by atoms with van der Waals surface area (Å²) in [7, 11) is 0. The Morgan fingerprint density at radius 3 is 2.79 bits per heavy atom. The zero-order valence-corrected chi connectivity index (χ0v) is 12.2. The summed E-state index contributed by atoms with van der Waals surface area (Å²) in [6.07, 6.45) is 13.8. The van der Waals surface area contributed by atoms with Crippen LogP contribution >= 0.6 is 0 Å². The van der Waals surface area contributed by atoms with Gasteiger partial charge in [0.1, 0.15) is 0 Å². The molecule has 2 fully saturated rings. The number of hydrogen-bond donors (Lipinski definition) is 1. The van der Waals surface area contributed by atoms with Crippen molar-refractivity contribution in [3.05, 3.63) is 18.2 Å². The second-order valence-corrected chi connectivity index (χ2v) is 6.72. The van der Waals surface area contributed by atoms with Gasteiger partial charge in [-0.25, -0.2) is 4.98 Å². The lowest BCUT2D eigenvalue weighted by atomic mass is 9.78. The maximum atomic E-state index is 4.43. The molecule has 3 nitrogen and oxygen atoms in total. The van der Waals surface area contributed by atoms with Crippen LogP contribution in [0.3, 0.4) is 0 Å². The molecule has 0 aromatic carbocycles. The predicted molar refractivity (Wildman–Crippen MR) is 78.3 cm³/mol. The molecule has 3 rings (SSSR count). The van der Waals surface area contributed by atoms with Crippen LogP contribution in [-0.4, -0.2) is 22.6 Å². The summed E-state index contributed by atoms with van der Waals surface area (Å²) in [4.78, 5) is 4.43. The van der Waals surface area contributed by atoms with Crippen LogP contribution in [0.1, 0.15) is 57.6 Å². The van der Waals surface area contributed by atoms with Gasteiger partial charge in [0, 0.05) is 23.9 Å². The van der Waals surface area contributed by atoms with Gasteiger partial charge in [0.15, 0.2) is 0 Å². The summed E-state index contributed by atoms with van der Waals surface area (Å²) in [6, 6.07) is 0. The molecule has 0 unspecified atom stereocenters. The minimum atomic E-state index is 0.331. The fourth-order valence-electron chi connectivity index (χ4n) is 3.86. The lowest BCUT2D eigenvalue weighted by molar-refractivity contribution is 0.312. The van der Waals surface area contributed by atoms with Crippen molar-refractivity contribution >= 4 is 0 Å². The topological polar surface area (TPSA) is 29.9 Å². The molecule has 0 atom stereocenters. The van der Waals surface area contributed by atoms with Gasteiger partial charge < -0.3 is 9.88 Å². The van der Waals surface area contributed by atoms with Crippen LogP contribution in [-0.2, 0) is 12.0 Å².